The van der Waals surface area contributed by atoms with Crippen LogP contribution in [0.15, 0.2) is 59.8 Å². The largest absolute Gasteiger partial charge is 0.347 e. The van der Waals surface area contributed by atoms with E-state index in [-0.39, 0.29) is 11.3 Å². The zero-order valence-electron chi connectivity index (χ0n) is 13.5. The zero-order valence-corrected chi connectivity index (χ0v) is 13.5. The lowest BCUT2D eigenvalue weighted by molar-refractivity contribution is -0.384. The van der Waals surface area contributed by atoms with Crippen LogP contribution in [0.3, 0.4) is 0 Å². The van der Waals surface area contributed by atoms with Crippen molar-refractivity contribution < 1.29 is 9.72 Å². The number of nitrogens with zero attached hydrogens (tertiary/aromatic N) is 3. The molecule has 126 valence electrons. The van der Waals surface area contributed by atoms with E-state index < -0.39 is 10.8 Å². The van der Waals surface area contributed by atoms with Gasteiger partial charge in [-0.05, 0) is 19.1 Å². The number of para-hydroxylation sites is 1. The molecule has 3 rings (SSSR count). The van der Waals surface area contributed by atoms with Crippen LogP contribution in [0, 0.1) is 10.1 Å². The molecule has 0 spiro atoms. The lowest BCUT2D eigenvalue weighted by Gasteiger charge is -1.99. The van der Waals surface area contributed by atoms with Crippen LogP contribution >= 0.6 is 0 Å². The molecule has 2 aromatic carbocycles. The fourth-order valence-corrected chi connectivity index (χ4v) is 2.63. The molecule has 1 N–H and O–H groups in total. The number of amides is 1. The fraction of sp³-hybridized carbons (Fsp3) is 0.111. The van der Waals surface area contributed by atoms with E-state index in [0.29, 0.717) is 0 Å². The Kier molecular flexibility index (Phi) is 4.56. The van der Waals surface area contributed by atoms with Crippen LogP contribution in [0.5, 0.6) is 0 Å². The molecule has 0 fully saturated rings. The summed E-state index contributed by atoms with van der Waals surface area (Å²) in [5.41, 5.74) is 4.43. The highest BCUT2D eigenvalue weighted by Crippen LogP contribution is 2.19. The summed E-state index contributed by atoms with van der Waals surface area (Å²) in [5.74, 6) is -0.501. The Morgan fingerprint density at radius 2 is 2.08 bits per heavy atom. The van der Waals surface area contributed by atoms with Crippen LogP contribution < -0.4 is 5.43 Å². The molecule has 0 aliphatic heterocycles. The summed E-state index contributed by atoms with van der Waals surface area (Å²) in [4.78, 5) is 22.3. The number of nitrogens with one attached hydrogen (secondary N) is 1. The number of rotatable bonds is 5. The van der Waals surface area contributed by atoms with Crippen molar-refractivity contribution in [1.82, 2.24) is 9.99 Å². The first-order valence-corrected chi connectivity index (χ1v) is 7.76. The number of aryl methyl sites for hydroxylation is 1. The van der Waals surface area contributed by atoms with Crippen molar-refractivity contribution in [1.29, 1.82) is 0 Å². The highest BCUT2D eigenvalue weighted by Gasteiger charge is 2.11. The number of carbonyl (C=O) groups is 1. The van der Waals surface area contributed by atoms with Crippen molar-refractivity contribution in [3.05, 3.63) is 76.0 Å². The third kappa shape index (κ3) is 3.40. The number of nitro groups is 1. The molecule has 1 amide bonds. The van der Waals surface area contributed by atoms with Gasteiger partial charge in [0.05, 0.1) is 11.1 Å². The maximum Gasteiger partial charge on any atom is 0.271 e. The molecule has 3 aromatic rings. The standard InChI is InChI=1S/C18H16N4O3/c1-2-21-12-14(16-8-3-4-9-17(16)21)11-19-20-18(23)13-6-5-7-15(10-13)22(24)25/h3-12H,2H2,1H3,(H,20,23)/b19-11+. The third-order valence-corrected chi connectivity index (χ3v) is 3.85. The molecular formula is C18H16N4O3. The van der Waals surface area contributed by atoms with Gasteiger partial charge in [0.25, 0.3) is 11.6 Å². The molecule has 0 aliphatic rings. The Labute approximate surface area is 143 Å². The Morgan fingerprint density at radius 1 is 1.28 bits per heavy atom. The quantitative estimate of drug-likeness (QED) is 0.440. The highest BCUT2D eigenvalue weighted by atomic mass is 16.6. The Balaban J connectivity index is 1.78. The van der Waals surface area contributed by atoms with Gasteiger partial charge in [0.15, 0.2) is 0 Å². The third-order valence-electron chi connectivity index (χ3n) is 3.85. The Hall–Kier alpha value is -3.48. The van der Waals surface area contributed by atoms with E-state index in [2.05, 4.69) is 22.0 Å². The molecule has 7 nitrogen and oxygen atoms in total. The Morgan fingerprint density at radius 3 is 2.84 bits per heavy atom. The predicted octanol–water partition coefficient (Wildman–Crippen LogP) is 3.33. The lowest BCUT2D eigenvalue weighted by atomic mass is 10.2. The molecule has 0 radical (unpaired) electrons. The number of aromatic nitrogens is 1. The molecule has 0 unspecified atom stereocenters. The lowest BCUT2D eigenvalue weighted by Crippen LogP contribution is -2.17. The number of hydrogen-bond acceptors (Lipinski definition) is 4. The summed E-state index contributed by atoms with van der Waals surface area (Å²) in [6.45, 7) is 2.88. The van der Waals surface area contributed by atoms with Gasteiger partial charge in [0.2, 0.25) is 0 Å². The van der Waals surface area contributed by atoms with E-state index in [0.717, 1.165) is 23.0 Å². The number of non-ortho nitro benzene ring substituents is 1. The van der Waals surface area contributed by atoms with E-state index >= 15 is 0 Å². The van der Waals surface area contributed by atoms with Gasteiger partial charge in [-0.25, -0.2) is 5.43 Å². The predicted molar refractivity (Wildman–Crippen MR) is 95.8 cm³/mol. The monoisotopic (exact) mass is 336 g/mol. The summed E-state index contributed by atoms with van der Waals surface area (Å²) >= 11 is 0. The number of hydrazone groups is 1. The van der Waals surface area contributed by atoms with Gasteiger partial charge >= 0.3 is 0 Å². The second-order valence-corrected chi connectivity index (χ2v) is 5.39. The van der Waals surface area contributed by atoms with Gasteiger partial charge in [0.1, 0.15) is 0 Å². The fourth-order valence-electron chi connectivity index (χ4n) is 2.63. The maximum absolute atomic E-state index is 12.1. The van der Waals surface area contributed by atoms with Crippen LogP contribution in [-0.2, 0) is 6.54 Å². The first-order chi connectivity index (χ1) is 12.1. The maximum atomic E-state index is 12.1. The summed E-state index contributed by atoms with van der Waals surface area (Å²) in [6, 6.07) is 13.4. The highest BCUT2D eigenvalue weighted by molar-refractivity contribution is 6.00. The van der Waals surface area contributed by atoms with Crippen LogP contribution in [0.25, 0.3) is 10.9 Å². The van der Waals surface area contributed by atoms with Gasteiger partial charge in [-0.1, -0.05) is 24.3 Å². The topological polar surface area (TPSA) is 89.5 Å². The second-order valence-electron chi connectivity index (χ2n) is 5.39. The molecule has 25 heavy (non-hydrogen) atoms. The second kappa shape index (κ2) is 6.96. The number of carbonyl (C=O) groups excluding carboxylic acids is 1. The van der Waals surface area contributed by atoms with Crippen molar-refractivity contribution in [2.75, 3.05) is 0 Å². The van der Waals surface area contributed by atoms with Gasteiger partial charge in [-0.3, -0.25) is 14.9 Å². The van der Waals surface area contributed by atoms with Gasteiger partial charge in [0, 0.05) is 46.9 Å². The van der Waals surface area contributed by atoms with E-state index in [9.17, 15) is 14.9 Å². The average molecular weight is 336 g/mol. The molecule has 0 bridgehead atoms. The van der Waals surface area contributed by atoms with Crippen LogP contribution in [0.2, 0.25) is 0 Å². The minimum absolute atomic E-state index is 0.136. The van der Waals surface area contributed by atoms with Crippen molar-refractivity contribution in [3.63, 3.8) is 0 Å². The zero-order chi connectivity index (χ0) is 17.8. The molecular weight excluding hydrogens is 320 g/mol. The molecule has 7 heteroatoms. The summed E-state index contributed by atoms with van der Waals surface area (Å²) in [7, 11) is 0. The Bertz CT molecular complexity index is 975. The summed E-state index contributed by atoms with van der Waals surface area (Å²) in [6.07, 6.45) is 3.54. The SMILES string of the molecule is CCn1cc(/C=N/NC(=O)c2cccc([N+](=O)[O-])c2)c2ccccc21. The minimum atomic E-state index is -0.542. The smallest absolute Gasteiger partial charge is 0.271 e. The first-order valence-electron chi connectivity index (χ1n) is 7.76. The summed E-state index contributed by atoms with van der Waals surface area (Å²) < 4.78 is 2.10. The summed E-state index contributed by atoms with van der Waals surface area (Å²) in [5, 5.41) is 15.8. The van der Waals surface area contributed by atoms with Crippen molar-refractivity contribution in [2.24, 2.45) is 5.10 Å². The molecule has 0 saturated heterocycles. The van der Waals surface area contributed by atoms with Crippen molar-refractivity contribution in [3.8, 4) is 0 Å². The molecule has 1 aromatic heterocycles. The number of benzene rings is 2. The van der Waals surface area contributed by atoms with Gasteiger partial charge in [-0.2, -0.15) is 5.10 Å². The minimum Gasteiger partial charge on any atom is -0.347 e. The van der Waals surface area contributed by atoms with Crippen molar-refractivity contribution in [2.45, 2.75) is 13.5 Å². The first kappa shape index (κ1) is 16.4. The van der Waals surface area contributed by atoms with Crippen LogP contribution in [0.4, 0.5) is 5.69 Å². The molecule has 0 atom stereocenters. The molecule has 0 saturated carbocycles. The number of nitro benzene ring substituents is 1. The van der Waals surface area contributed by atoms with E-state index in [4.69, 9.17) is 0 Å². The molecule has 1 heterocycles. The van der Waals surface area contributed by atoms with E-state index in [1.54, 1.807) is 6.21 Å². The van der Waals surface area contributed by atoms with Crippen molar-refractivity contribution >= 4 is 28.7 Å². The van der Waals surface area contributed by atoms with E-state index in [1.807, 2.05) is 30.5 Å². The average Bonchev–Trinajstić information content (AvgIpc) is 3.00. The number of fused-ring (bicyclic) bond motifs is 1. The van der Waals surface area contributed by atoms with Gasteiger partial charge < -0.3 is 4.57 Å². The normalized spacial score (nSPS) is 11.1. The van der Waals surface area contributed by atoms with Crippen LogP contribution in [-0.4, -0.2) is 21.6 Å². The van der Waals surface area contributed by atoms with Crippen LogP contribution in [0.1, 0.15) is 22.8 Å². The van der Waals surface area contributed by atoms with Gasteiger partial charge in [-0.15, -0.1) is 0 Å². The number of hydrogen-bond donors (Lipinski definition) is 1. The van der Waals surface area contributed by atoms with E-state index in [1.165, 1.54) is 24.3 Å². The molecule has 0 aliphatic carbocycles.